The van der Waals surface area contributed by atoms with Crippen LogP contribution in [-0.4, -0.2) is 24.2 Å². The first-order valence-corrected chi connectivity index (χ1v) is 7.42. The van der Waals surface area contributed by atoms with Crippen molar-refractivity contribution >= 4 is 5.91 Å². The fourth-order valence-corrected chi connectivity index (χ4v) is 2.41. The highest BCUT2D eigenvalue weighted by atomic mass is 19.1. The van der Waals surface area contributed by atoms with Gasteiger partial charge in [-0.15, -0.1) is 0 Å². The molecule has 1 unspecified atom stereocenters. The summed E-state index contributed by atoms with van der Waals surface area (Å²) in [7, 11) is 0. The van der Waals surface area contributed by atoms with Crippen LogP contribution in [0.15, 0.2) is 42.5 Å². The summed E-state index contributed by atoms with van der Waals surface area (Å²) in [5, 5.41) is 11.8. The third kappa shape index (κ3) is 4.36. The maximum absolute atomic E-state index is 13.7. The number of carbonyl (C=O) groups is 1. The molecule has 2 rings (SSSR count). The maximum atomic E-state index is 13.7. The van der Waals surface area contributed by atoms with Crippen LogP contribution in [0.4, 0.5) is 8.78 Å². The highest BCUT2D eigenvalue weighted by Crippen LogP contribution is 2.19. The molecule has 0 aromatic heterocycles. The van der Waals surface area contributed by atoms with E-state index in [1.807, 2.05) is 30.3 Å². The number of aryl methyl sites for hydroxylation is 1. The van der Waals surface area contributed by atoms with Crippen molar-refractivity contribution in [2.45, 2.75) is 19.3 Å². The third-order valence-electron chi connectivity index (χ3n) is 3.75. The van der Waals surface area contributed by atoms with Crippen LogP contribution in [0.2, 0.25) is 0 Å². The van der Waals surface area contributed by atoms with Gasteiger partial charge in [-0.2, -0.15) is 0 Å². The molecule has 5 heteroatoms. The van der Waals surface area contributed by atoms with Gasteiger partial charge >= 0.3 is 0 Å². The zero-order valence-electron chi connectivity index (χ0n) is 12.9. The lowest BCUT2D eigenvalue weighted by Crippen LogP contribution is -2.29. The van der Waals surface area contributed by atoms with Crippen molar-refractivity contribution in [3.8, 4) is 0 Å². The zero-order chi connectivity index (χ0) is 16.8. The lowest BCUT2D eigenvalue weighted by molar-refractivity contribution is 0.0945. The number of hydrogen-bond donors (Lipinski definition) is 2. The smallest absolute Gasteiger partial charge is 0.254 e. The van der Waals surface area contributed by atoms with Gasteiger partial charge in [0.15, 0.2) is 0 Å². The Morgan fingerprint density at radius 1 is 1.17 bits per heavy atom. The fourth-order valence-electron chi connectivity index (χ4n) is 2.41. The second-order valence-corrected chi connectivity index (χ2v) is 5.41. The second kappa shape index (κ2) is 7.83. The van der Waals surface area contributed by atoms with Gasteiger partial charge in [-0.05, 0) is 30.5 Å². The minimum atomic E-state index is -0.885. The number of amides is 1. The van der Waals surface area contributed by atoms with Crippen LogP contribution in [0.3, 0.4) is 0 Å². The molecule has 0 spiro atoms. The number of aliphatic hydroxyl groups is 1. The Morgan fingerprint density at radius 3 is 2.52 bits per heavy atom. The monoisotopic (exact) mass is 319 g/mol. The summed E-state index contributed by atoms with van der Waals surface area (Å²) in [4.78, 5) is 12.1. The number of benzene rings is 2. The second-order valence-electron chi connectivity index (χ2n) is 5.41. The molecule has 0 fully saturated rings. The summed E-state index contributed by atoms with van der Waals surface area (Å²) in [6.45, 7) is 1.73. The highest BCUT2D eigenvalue weighted by molar-refractivity contribution is 5.94. The zero-order valence-corrected chi connectivity index (χ0v) is 12.9. The summed E-state index contributed by atoms with van der Waals surface area (Å²) >= 11 is 0. The quantitative estimate of drug-likeness (QED) is 0.859. The largest absolute Gasteiger partial charge is 0.396 e. The number of nitrogens with one attached hydrogen (secondary N) is 1. The van der Waals surface area contributed by atoms with E-state index >= 15 is 0 Å². The van der Waals surface area contributed by atoms with Crippen LogP contribution in [0.5, 0.6) is 0 Å². The molecule has 0 saturated heterocycles. The van der Waals surface area contributed by atoms with E-state index in [1.165, 1.54) is 13.0 Å². The van der Waals surface area contributed by atoms with E-state index in [9.17, 15) is 18.7 Å². The van der Waals surface area contributed by atoms with Crippen molar-refractivity contribution in [2.75, 3.05) is 13.2 Å². The van der Waals surface area contributed by atoms with Gasteiger partial charge in [0.2, 0.25) is 0 Å². The van der Waals surface area contributed by atoms with Crippen LogP contribution in [0.1, 0.15) is 33.8 Å². The van der Waals surface area contributed by atoms with Gasteiger partial charge < -0.3 is 10.4 Å². The van der Waals surface area contributed by atoms with Gasteiger partial charge in [-0.25, -0.2) is 8.78 Å². The Balaban J connectivity index is 2.09. The predicted octanol–water partition coefficient (Wildman–Crippen LogP) is 3.17. The minimum Gasteiger partial charge on any atom is -0.396 e. The first-order valence-electron chi connectivity index (χ1n) is 7.42. The number of rotatable bonds is 6. The van der Waals surface area contributed by atoms with Crippen LogP contribution >= 0.6 is 0 Å². The van der Waals surface area contributed by atoms with Gasteiger partial charge in [-0.1, -0.05) is 30.3 Å². The van der Waals surface area contributed by atoms with Gasteiger partial charge in [0.1, 0.15) is 11.6 Å². The molecule has 1 amide bonds. The molecule has 1 atom stereocenters. The summed E-state index contributed by atoms with van der Waals surface area (Å²) in [6.07, 6.45) is 0.481. The molecule has 23 heavy (non-hydrogen) atoms. The van der Waals surface area contributed by atoms with Crippen molar-refractivity contribution in [2.24, 2.45) is 0 Å². The molecular formula is C18H19F2NO2. The SMILES string of the molecule is Cc1cc(C(=O)NCC(CCO)c2ccccc2)c(F)cc1F. The van der Waals surface area contributed by atoms with E-state index in [2.05, 4.69) is 5.32 Å². The number of carbonyl (C=O) groups excluding carboxylic acids is 1. The molecule has 0 aliphatic carbocycles. The lowest BCUT2D eigenvalue weighted by atomic mass is 9.96. The predicted molar refractivity (Wildman–Crippen MR) is 84.3 cm³/mol. The Bertz CT molecular complexity index is 674. The van der Waals surface area contributed by atoms with Crippen LogP contribution in [0, 0.1) is 18.6 Å². The molecule has 0 bridgehead atoms. The van der Waals surface area contributed by atoms with Crippen molar-refractivity contribution in [3.63, 3.8) is 0 Å². The average molecular weight is 319 g/mol. The average Bonchev–Trinajstić information content (AvgIpc) is 2.55. The Morgan fingerprint density at radius 2 is 1.87 bits per heavy atom. The molecule has 0 aliphatic rings. The maximum Gasteiger partial charge on any atom is 0.254 e. The topological polar surface area (TPSA) is 49.3 Å². The Kier molecular flexibility index (Phi) is 5.82. The van der Waals surface area contributed by atoms with Crippen LogP contribution in [0.25, 0.3) is 0 Å². The van der Waals surface area contributed by atoms with Crippen LogP contribution < -0.4 is 5.32 Å². The molecule has 0 radical (unpaired) electrons. The Hall–Kier alpha value is -2.27. The van der Waals surface area contributed by atoms with E-state index in [1.54, 1.807) is 0 Å². The molecule has 2 aromatic rings. The van der Waals surface area contributed by atoms with Crippen molar-refractivity contribution < 1.29 is 18.7 Å². The first kappa shape index (κ1) is 17.1. The summed E-state index contributed by atoms with van der Waals surface area (Å²) in [6, 6.07) is 11.4. The summed E-state index contributed by atoms with van der Waals surface area (Å²) in [5.74, 6) is -2.23. The van der Waals surface area contributed by atoms with Crippen molar-refractivity contribution in [1.29, 1.82) is 0 Å². The minimum absolute atomic E-state index is 0.0144. The highest BCUT2D eigenvalue weighted by Gasteiger charge is 2.17. The Labute approximate surface area is 134 Å². The molecular weight excluding hydrogens is 300 g/mol. The van der Waals surface area contributed by atoms with Gasteiger partial charge in [0.25, 0.3) is 5.91 Å². The lowest BCUT2D eigenvalue weighted by Gasteiger charge is -2.17. The fraction of sp³-hybridized carbons (Fsp3) is 0.278. The van der Waals surface area contributed by atoms with E-state index < -0.39 is 17.5 Å². The van der Waals surface area contributed by atoms with Gasteiger partial charge in [0, 0.05) is 25.1 Å². The van der Waals surface area contributed by atoms with E-state index in [0.717, 1.165) is 5.56 Å². The van der Waals surface area contributed by atoms with Crippen LogP contribution in [-0.2, 0) is 0 Å². The molecule has 0 saturated carbocycles. The standard InChI is InChI=1S/C18H19F2NO2/c1-12-9-15(17(20)10-16(12)19)18(23)21-11-14(7-8-22)13-5-3-2-4-6-13/h2-6,9-10,14,22H,7-8,11H2,1H3,(H,21,23). The van der Waals surface area contributed by atoms with Crippen molar-refractivity contribution in [3.05, 3.63) is 70.8 Å². The van der Waals surface area contributed by atoms with Crippen molar-refractivity contribution in [1.82, 2.24) is 5.32 Å². The molecule has 3 nitrogen and oxygen atoms in total. The molecule has 0 aliphatic heterocycles. The first-order chi connectivity index (χ1) is 11.0. The van der Waals surface area contributed by atoms with E-state index in [4.69, 9.17) is 0 Å². The number of aliphatic hydroxyl groups excluding tert-OH is 1. The molecule has 122 valence electrons. The molecule has 2 aromatic carbocycles. The van der Waals surface area contributed by atoms with E-state index in [-0.39, 0.29) is 30.2 Å². The number of halogens is 2. The van der Waals surface area contributed by atoms with Gasteiger partial charge in [0.05, 0.1) is 5.56 Å². The van der Waals surface area contributed by atoms with E-state index in [0.29, 0.717) is 12.5 Å². The van der Waals surface area contributed by atoms with Gasteiger partial charge in [-0.3, -0.25) is 4.79 Å². The summed E-state index contributed by atoms with van der Waals surface area (Å²) < 4.78 is 27.0. The normalized spacial score (nSPS) is 12.0. The number of hydrogen-bond acceptors (Lipinski definition) is 2. The third-order valence-corrected chi connectivity index (χ3v) is 3.75. The molecule has 0 heterocycles. The molecule has 2 N–H and O–H groups in total. The summed E-state index contributed by atoms with van der Waals surface area (Å²) in [5.41, 5.74) is 1.02.